The number of carboxylic acid groups (broad SMARTS) is 1. The summed E-state index contributed by atoms with van der Waals surface area (Å²) in [4.78, 5) is 43.5. The van der Waals surface area contributed by atoms with Crippen molar-refractivity contribution in [1.82, 2.24) is 30.5 Å². The summed E-state index contributed by atoms with van der Waals surface area (Å²) in [5.41, 5.74) is 9.13. The van der Waals surface area contributed by atoms with Crippen molar-refractivity contribution in [3.63, 3.8) is 0 Å². The molecule has 3 aliphatic rings. The molecule has 65 heavy (non-hydrogen) atoms. The first kappa shape index (κ1) is 45.9. The van der Waals surface area contributed by atoms with Gasteiger partial charge in [-0.1, -0.05) is 72.1 Å². The van der Waals surface area contributed by atoms with Gasteiger partial charge in [0.25, 0.3) is 0 Å². The molecule has 1 unspecified atom stereocenters. The number of fused-ring (bicyclic) bond motifs is 1. The minimum absolute atomic E-state index is 0.0961. The van der Waals surface area contributed by atoms with E-state index in [1.54, 1.807) is 19.5 Å². The lowest BCUT2D eigenvalue weighted by Gasteiger charge is -2.36. The van der Waals surface area contributed by atoms with Gasteiger partial charge >= 0.3 is 5.97 Å². The van der Waals surface area contributed by atoms with Crippen molar-refractivity contribution in [2.45, 2.75) is 109 Å². The van der Waals surface area contributed by atoms with Gasteiger partial charge in [-0.15, -0.1) is 0 Å². The number of piperidine rings is 1. The largest absolute Gasteiger partial charge is 0.481 e. The third-order valence-corrected chi connectivity index (χ3v) is 13.2. The van der Waals surface area contributed by atoms with Crippen LogP contribution in [0.15, 0.2) is 78.0 Å². The maximum Gasteiger partial charge on any atom is 0.303 e. The highest BCUT2D eigenvalue weighted by molar-refractivity contribution is 6.36. The van der Waals surface area contributed by atoms with Gasteiger partial charge in [-0.25, -0.2) is 4.98 Å². The van der Waals surface area contributed by atoms with Gasteiger partial charge < -0.3 is 30.0 Å². The number of carbonyl (C=O) groups excluding carboxylic acids is 1. The number of hydrogen-bond donors (Lipinski definition) is 3. The second-order valence-corrected chi connectivity index (χ2v) is 17.8. The summed E-state index contributed by atoms with van der Waals surface area (Å²) >= 11 is 14.3. The molecule has 0 bridgehead atoms. The van der Waals surface area contributed by atoms with E-state index in [9.17, 15) is 14.7 Å². The predicted molar refractivity (Wildman–Crippen MR) is 252 cm³/mol. The van der Waals surface area contributed by atoms with Crippen molar-refractivity contribution in [2.24, 2.45) is 4.99 Å². The highest BCUT2D eigenvalue weighted by atomic mass is 35.5. The topological polar surface area (TPSA) is 160 Å². The highest BCUT2D eigenvalue weighted by Gasteiger charge is 2.30. The van der Waals surface area contributed by atoms with Crippen molar-refractivity contribution < 1.29 is 28.9 Å². The fraction of sp³-hybridized carbons (Fsp3) is 0.400. The Morgan fingerprint density at radius 1 is 0.954 bits per heavy atom. The van der Waals surface area contributed by atoms with E-state index in [2.05, 4.69) is 44.4 Å². The molecule has 2 fully saturated rings. The van der Waals surface area contributed by atoms with E-state index in [-0.39, 0.29) is 43.0 Å². The summed E-state index contributed by atoms with van der Waals surface area (Å²) in [6.45, 7) is 6.96. The lowest BCUT2D eigenvalue weighted by molar-refractivity contribution is -0.137. The van der Waals surface area contributed by atoms with Crippen LogP contribution in [0.5, 0.6) is 17.6 Å². The summed E-state index contributed by atoms with van der Waals surface area (Å²) < 4.78 is 18.9. The maximum atomic E-state index is 11.6. The van der Waals surface area contributed by atoms with Crippen LogP contribution in [0.25, 0.3) is 22.4 Å². The van der Waals surface area contributed by atoms with Crippen LogP contribution >= 0.6 is 23.2 Å². The first-order valence-corrected chi connectivity index (χ1v) is 23.2. The minimum atomic E-state index is -0.772. The third kappa shape index (κ3) is 11.3. The summed E-state index contributed by atoms with van der Waals surface area (Å²) in [5.74, 6) is 0.551. The van der Waals surface area contributed by atoms with Crippen LogP contribution in [0.3, 0.4) is 0 Å². The number of carbonyl (C=O) groups is 2. The van der Waals surface area contributed by atoms with Gasteiger partial charge in [0.15, 0.2) is 0 Å². The average Bonchev–Trinajstić information content (AvgIpc) is 3.93. The molecular formula is C50H55Cl2N7O6. The number of carboxylic acids is 1. The lowest BCUT2D eigenvalue weighted by Crippen LogP contribution is -2.39. The number of pyridine rings is 3. The number of benzene rings is 2. The highest BCUT2D eigenvalue weighted by Crippen LogP contribution is 2.45. The van der Waals surface area contributed by atoms with Crippen LogP contribution in [0.2, 0.25) is 10.0 Å². The molecule has 3 aromatic heterocycles. The van der Waals surface area contributed by atoms with E-state index < -0.39 is 5.97 Å². The number of aromatic nitrogens is 3. The third-order valence-electron chi connectivity index (χ3n) is 12.5. The molecule has 3 N–H and O–H groups in total. The van der Waals surface area contributed by atoms with Crippen LogP contribution < -0.4 is 24.8 Å². The zero-order valence-electron chi connectivity index (χ0n) is 36.7. The van der Waals surface area contributed by atoms with E-state index in [1.807, 2.05) is 48.5 Å². The number of aliphatic carboxylic acids is 1. The van der Waals surface area contributed by atoms with Gasteiger partial charge in [-0.05, 0) is 98.7 Å². The average molecular weight is 921 g/mol. The number of aliphatic imine (C=N–C) groups is 1. The van der Waals surface area contributed by atoms with E-state index in [0.29, 0.717) is 72.9 Å². The Balaban J connectivity index is 1.02. The molecule has 2 aromatic carbocycles. The van der Waals surface area contributed by atoms with Crippen molar-refractivity contribution in [3.8, 4) is 40.0 Å². The monoisotopic (exact) mass is 919 g/mol. The molecule has 0 radical (unpaired) electrons. The number of methoxy groups -OCH3 is 1. The number of likely N-dealkylation sites (tertiary alicyclic amines) is 1. The number of rotatable bonds is 20. The van der Waals surface area contributed by atoms with Crippen molar-refractivity contribution in [1.29, 1.82) is 0 Å². The molecule has 1 amide bonds. The minimum Gasteiger partial charge on any atom is -0.481 e. The molecule has 1 aliphatic carbocycles. The van der Waals surface area contributed by atoms with Gasteiger partial charge in [0, 0.05) is 84.8 Å². The van der Waals surface area contributed by atoms with Crippen molar-refractivity contribution >= 4 is 41.8 Å². The summed E-state index contributed by atoms with van der Waals surface area (Å²) in [7, 11) is 1.61. The SMILES string of the molecule is C=NCc1cncc(COc2nc(O[C@H]3CCc4c(-c5cccc(-c6ccc(CNC[C@@H]7CCC(=O)N7)c(OC)n6)c5Cl)cccc43)c(Cl)cc2CN2CCCCC2CCCC(=O)O)c1. The number of amides is 1. The second kappa shape index (κ2) is 21.6. The van der Waals surface area contributed by atoms with E-state index in [4.69, 9.17) is 47.4 Å². The smallest absolute Gasteiger partial charge is 0.303 e. The van der Waals surface area contributed by atoms with Gasteiger partial charge in [-0.2, -0.15) is 4.98 Å². The van der Waals surface area contributed by atoms with Gasteiger partial charge in [0.05, 0.1) is 24.4 Å². The number of nitrogens with zero attached hydrogens (tertiary/aromatic N) is 5. The fourth-order valence-electron chi connectivity index (χ4n) is 9.31. The zero-order valence-corrected chi connectivity index (χ0v) is 38.2. The molecular weight excluding hydrogens is 865 g/mol. The molecule has 8 rings (SSSR count). The standard InChI is InChI=1S/C50H55Cl2N7O6/c1-53-24-31-22-32(26-54-25-31)30-64-49-34(29-59-21-4-3-8-36(59)9-5-14-46(61)62)23-42(51)50(58-49)65-44-19-17-38-37(10-6-11-39(38)44)40-12-7-13-41(47(40)52)43-18-15-33(48(57-43)63-2)27-55-28-35-16-20-45(60)56-35/h6-7,10-13,15,18,22-23,25-26,35-36,44,55H,1,3-5,8-9,14,16-17,19-21,24,27-30H2,2H3,(H,56,60)(H,61,62)/t35-,36?,44-/m0/s1. The van der Waals surface area contributed by atoms with E-state index in [1.165, 1.54) is 0 Å². The normalized spacial score (nSPS) is 18.3. The first-order chi connectivity index (χ1) is 31.7. The summed E-state index contributed by atoms with van der Waals surface area (Å²) in [5, 5.41) is 16.7. The van der Waals surface area contributed by atoms with Gasteiger partial charge in [0.2, 0.25) is 23.5 Å². The van der Waals surface area contributed by atoms with Crippen LogP contribution in [0.1, 0.15) is 97.3 Å². The Hall–Kier alpha value is -5.60. The Morgan fingerprint density at radius 3 is 2.60 bits per heavy atom. The zero-order chi connectivity index (χ0) is 45.3. The number of hydrogen-bond acceptors (Lipinski definition) is 11. The Kier molecular flexibility index (Phi) is 15.3. The van der Waals surface area contributed by atoms with Crippen LogP contribution in [0.4, 0.5) is 0 Å². The lowest BCUT2D eigenvalue weighted by atomic mass is 9.94. The summed E-state index contributed by atoms with van der Waals surface area (Å²) in [6.07, 6.45) is 10.8. The Bertz CT molecular complexity index is 2520. The predicted octanol–water partition coefficient (Wildman–Crippen LogP) is 9.34. The van der Waals surface area contributed by atoms with Crippen LogP contribution in [-0.4, -0.2) is 75.8 Å². The molecule has 0 saturated carbocycles. The Morgan fingerprint density at radius 2 is 1.78 bits per heavy atom. The maximum absolute atomic E-state index is 11.6. The number of nitrogens with one attached hydrogen (secondary N) is 2. The number of ether oxygens (including phenoxy) is 3. The van der Waals surface area contributed by atoms with Crippen LogP contribution in [0, 0.1) is 0 Å². The molecule has 15 heteroatoms. The molecule has 340 valence electrons. The van der Waals surface area contributed by atoms with Gasteiger partial charge in [0.1, 0.15) is 17.7 Å². The fourth-order valence-corrected chi connectivity index (χ4v) is 9.85. The van der Waals surface area contributed by atoms with E-state index >= 15 is 0 Å². The van der Waals surface area contributed by atoms with E-state index in [0.717, 1.165) is 95.1 Å². The van der Waals surface area contributed by atoms with Crippen molar-refractivity contribution in [3.05, 3.63) is 116 Å². The molecule has 5 aromatic rings. The Labute approximate surface area is 390 Å². The number of halogens is 2. The molecule has 5 heterocycles. The second-order valence-electron chi connectivity index (χ2n) is 17.0. The summed E-state index contributed by atoms with van der Waals surface area (Å²) in [6, 6.07) is 20.5. The van der Waals surface area contributed by atoms with Crippen LogP contribution in [-0.2, 0) is 42.3 Å². The first-order valence-electron chi connectivity index (χ1n) is 22.4. The quantitative estimate of drug-likeness (QED) is 0.0639. The van der Waals surface area contributed by atoms with Crippen molar-refractivity contribution in [2.75, 3.05) is 20.2 Å². The molecule has 13 nitrogen and oxygen atoms in total. The molecule has 2 aliphatic heterocycles. The molecule has 0 spiro atoms. The van der Waals surface area contributed by atoms with Gasteiger partial charge in [-0.3, -0.25) is 24.5 Å². The molecule has 2 saturated heterocycles. The molecule has 3 atom stereocenters.